The Bertz CT molecular complexity index is 1570. The first-order chi connectivity index (χ1) is 19.0. The number of hydrogen-bond donors (Lipinski definition) is 2. The van der Waals surface area contributed by atoms with Crippen molar-refractivity contribution in [2.45, 2.75) is 96.1 Å². The minimum atomic E-state index is -3.19. The van der Waals surface area contributed by atoms with Gasteiger partial charge in [-0.15, -0.1) is 0 Å². The molecule has 0 amide bonds. The second-order valence-electron chi connectivity index (χ2n) is 12.0. The molecule has 11 heteroatoms. The van der Waals surface area contributed by atoms with E-state index in [1.165, 1.54) is 6.26 Å². The first-order valence-corrected chi connectivity index (χ1v) is 15.9. The van der Waals surface area contributed by atoms with Crippen molar-refractivity contribution >= 4 is 38.2 Å². The number of sulfone groups is 1. The van der Waals surface area contributed by atoms with Crippen LogP contribution in [-0.2, 0) is 20.1 Å². The highest BCUT2D eigenvalue weighted by Crippen LogP contribution is 2.39. The van der Waals surface area contributed by atoms with Crippen LogP contribution in [0.25, 0.3) is 10.8 Å². The predicted molar refractivity (Wildman–Crippen MR) is 160 cm³/mol. The van der Waals surface area contributed by atoms with Crippen LogP contribution in [0.1, 0.15) is 95.3 Å². The van der Waals surface area contributed by atoms with Crippen molar-refractivity contribution in [1.82, 2.24) is 15.0 Å². The van der Waals surface area contributed by atoms with Crippen LogP contribution >= 0.6 is 0 Å². The third-order valence-electron chi connectivity index (χ3n) is 8.04. The summed E-state index contributed by atoms with van der Waals surface area (Å²) in [5, 5.41) is 4.23. The molecule has 0 aliphatic carbocycles. The normalized spacial score (nSPS) is 19.5. The number of nitrogens with zero attached hydrogens (tertiary/aromatic N) is 3. The van der Waals surface area contributed by atoms with E-state index >= 15 is 0 Å². The van der Waals surface area contributed by atoms with Crippen LogP contribution < -0.4 is 15.8 Å². The molecule has 222 valence electrons. The molecule has 1 aliphatic rings. The van der Waals surface area contributed by atoms with Crippen LogP contribution in [0.5, 0.6) is 5.88 Å². The second-order valence-corrected chi connectivity index (χ2v) is 14.5. The monoisotopic (exact) mass is 583 g/mol. The summed E-state index contributed by atoms with van der Waals surface area (Å²) in [6, 6.07) is 5.35. The molecule has 0 aromatic carbocycles. The minimum absolute atomic E-state index is 0.0988. The van der Waals surface area contributed by atoms with Gasteiger partial charge in [0, 0.05) is 36.5 Å². The largest absolute Gasteiger partial charge is 0.474 e. The Kier molecular flexibility index (Phi) is 8.35. The third-order valence-corrected chi connectivity index (χ3v) is 9.69. The SMILES string of the molecule is CCCC(C)(N)c1cnc(O[C@H](C)C[C@@H](C)S(C)(=O)=O)c2cnc(Nc3ccc4c(n3)[C@@H](C)C(C)(C)OC4=O)cc12. The summed E-state index contributed by atoms with van der Waals surface area (Å²) in [6.07, 6.45) is 6.21. The number of ether oxygens (including phenoxy) is 2. The first-order valence-electron chi connectivity index (χ1n) is 14.0. The van der Waals surface area contributed by atoms with Gasteiger partial charge in [0.15, 0.2) is 0 Å². The number of rotatable bonds is 10. The maximum Gasteiger partial charge on any atom is 0.340 e. The van der Waals surface area contributed by atoms with Crippen molar-refractivity contribution in [3.05, 3.63) is 47.4 Å². The fraction of sp³-hybridized carbons (Fsp3) is 0.533. The molecule has 3 N–H and O–H groups in total. The molecule has 4 atom stereocenters. The van der Waals surface area contributed by atoms with Crippen LogP contribution in [0.15, 0.2) is 30.6 Å². The van der Waals surface area contributed by atoms with Crippen molar-refractivity contribution in [3.63, 3.8) is 0 Å². The highest BCUT2D eigenvalue weighted by atomic mass is 32.2. The van der Waals surface area contributed by atoms with Crippen molar-refractivity contribution < 1.29 is 22.7 Å². The van der Waals surface area contributed by atoms with E-state index in [2.05, 4.69) is 22.2 Å². The van der Waals surface area contributed by atoms with Gasteiger partial charge in [-0.2, -0.15) is 0 Å². The van der Waals surface area contributed by atoms with Gasteiger partial charge in [0.05, 0.1) is 28.0 Å². The fourth-order valence-electron chi connectivity index (χ4n) is 5.15. The number of hydrogen-bond acceptors (Lipinski definition) is 10. The van der Waals surface area contributed by atoms with Crippen molar-refractivity contribution in [2.24, 2.45) is 5.73 Å². The summed E-state index contributed by atoms with van der Waals surface area (Å²) < 4.78 is 35.6. The average Bonchev–Trinajstić information content (AvgIpc) is 2.86. The van der Waals surface area contributed by atoms with Gasteiger partial charge in [-0.1, -0.05) is 20.3 Å². The zero-order chi connectivity index (χ0) is 30.3. The van der Waals surface area contributed by atoms with Crippen molar-refractivity contribution in [1.29, 1.82) is 0 Å². The van der Waals surface area contributed by atoms with Gasteiger partial charge < -0.3 is 20.5 Å². The van der Waals surface area contributed by atoms with Crippen molar-refractivity contribution in [2.75, 3.05) is 11.6 Å². The van der Waals surface area contributed by atoms with E-state index in [1.54, 1.807) is 31.5 Å². The van der Waals surface area contributed by atoms with Crippen LogP contribution in [0.2, 0.25) is 0 Å². The molecule has 41 heavy (non-hydrogen) atoms. The number of cyclic esters (lactones) is 1. The molecule has 3 aromatic rings. The van der Waals surface area contributed by atoms with E-state index in [0.29, 0.717) is 40.6 Å². The Balaban J connectivity index is 1.72. The van der Waals surface area contributed by atoms with Gasteiger partial charge in [-0.05, 0) is 70.2 Å². The Morgan fingerprint density at radius 2 is 1.88 bits per heavy atom. The molecule has 0 spiro atoms. The summed E-state index contributed by atoms with van der Waals surface area (Å²) in [5.41, 5.74) is 7.43. The number of aromatic nitrogens is 3. The number of nitrogens with one attached hydrogen (secondary N) is 1. The topological polar surface area (TPSA) is 146 Å². The summed E-state index contributed by atoms with van der Waals surface area (Å²) in [5.74, 6) is 0.976. The summed E-state index contributed by atoms with van der Waals surface area (Å²) in [6.45, 7) is 13.3. The average molecular weight is 584 g/mol. The summed E-state index contributed by atoms with van der Waals surface area (Å²) >= 11 is 0. The van der Waals surface area contributed by atoms with Crippen molar-refractivity contribution in [3.8, 4) is 5.88 Å². The molecule has 0 fully saturated rings. The minimum Gasteiger partial charge on any atom is -0.474 e. The molecule has 10 nitrogen and oxygen atoms in total. The standard InChI is InChI=1S/C30H41N5O5S/c1-9-12-30(7,31)23-16-33-27(39-17(2)13-18(3)41(8,37)38)22-15-32-25(14-21(22)23)34-24-11-10-20-26(35-24)19(4)29(5,6)40-28(20)36/h10-11,14-19H,9,12-13,31H2,1-8H3,(H,32,34,35)/t17-,18-,19-,30?/m1/s1. The lowest BCUT2D eigenvalue weighted by Gasteiger charge is -2.36. The molecular weight excluding hydrogens is 542 g/mol. The van der Waals surface area contributed by atoms with Crippen LogP contribution in [0.4, 0.5) is 11.6 Å². The zero-order valence-corrected chi connectivity index (χ0v) is 25.9. The molecular formula is C30H41N5O5S. The summed E-state index contributed by atoms with van der Waals surface area (Å²) in [4.78, 5) is 26.5. The smallest absolute Gasteiger partial charge is 0.340 e. The lowest BCUT2D eigenvalue weighted by atomic mass is 9.84. The third kappa shape index (κ3) is 6.46. The lowest BCUT2D eigenvalue weighted by molar-refractivity contribution is -0.0189. The van der Waals surface area contributed by atoms with E-state index in [1.807, 2.05) is 40.7 Å². The highest BCUT2D eigenvalue weighted by molar-refractivity contribution is 7.91. The molecule has 0 radical (unpaired) electrons. The second kappa shape index (κ2) is 11.2. The Labute approximate surface area is 242 Å². The molecule has 0 bridgehead atoms. The first kappa shape index (κ1) is 30.6. The number of anilines is 2. The van der Waals surface area contributed by atoms with E-state index in [-0.39, 0.29) is 11.9 Å². The zero-order valence-electron chi connectivity index (χ0n) is 25.1. The van der Waals surface area contributed by atoms with Gasteiger partial charge >= 0.3 is 5.97 Å². The van der Waals surface area contributed by atoms with Gasteiger partial charge in [0.25, 0.3) is 0 Å². The number of carbonyl (C=O) groups is 1. The van der Waals surface area contributed by atoms with Crippen LogP contribution in [0, 0.1) is 0 Å². The van der Waals surface area contributed by atoms with Gasteiger partial charge in [-0.25, -0.2) is 28.2 Å². The Morgan fingerprint density at radius 3 is 2.54 bits per heavy atom. The summed E-state index contributed by atoms with van der Waals surface area (Å²) in [7, 11) is -3.19. The molecule has 4 heterocycles. The van der Waals surface area contributed by atoms with E-state index in [0.717, 1.165) is 23.8 Å². The Hall–Kier alpha value is -3.31. The maximum atomic E-state index is 12.5. The maximum absolute atomic E-state index is 12.5. The van der Waals surface area contributed by atoms with Gasteiger partial charge in [0.2, 0.25) is 5.88 Å². The van der Waals surface area contributed by atoms with E-state index in [9.17, 15) is 13.2 Å². The highest BCUT2D eigenvalue weighted by Gasteiger charge is 2.40. The number of pyridine rings is 3. The van der Waals surface area contributed by atoms with Crippen LogP contribution in [-0.4, -0.2) is 52.5 Å². The molecule has 0 saturated heterocycles. The number of nitrogens with two attached hydrogens (primary N) is 1. The number of fused-ring (bicyclic) bond motifs is 2. The molecule has 4 rings (SSSR count). The Morgan fingerprint density at radius 1 is 1.17 bits per heavy atom. The lowest BCUT2D eigenvalue weighted by Crippen LogP contribution is -2.39. The number of carbonyl (C=O) groups excluding carboxylic acids is 1. The van der Waals surface area contributed by atoms with Gasteiger partial charge in [0.1, 0.15) is 27.1 Å². The molecule has 1 aliphatic heterocycles. The quantitative estimate of drug-likeness (QED) is 0.298. The molecule has 3 aromatic heterocycles. The molecule has 1 unspecified atom stereocenters. The predicted octanol–water partition coefficient (Wildman–Crippen LogP) is 5.39. The van der Waals surface area contributed by atoms with E-state index in [4.69, 9.17) is 20.2 Å². The van der Waals surface area contributed by atoms with Gasteiger partial charge in [-0.3, -0.25) is 0 Å². The van der Waals surface area contributed by atoms with Crippen LogP contribution in [0.3, 0.4) is 0 Å². The number of esters is 1. The fourth-order valence-corrected chi connectivity index (χ4v) is 5.77. The van der Waals surface area contributed by atoms with E-state index < -0.39 is 32.3 Å². The molecule has 0 saturated carbocycles.